The summed E-state index contributed by atoms with van der Waals surface area (Å²) in [6, 6.07) is 16.1. The molecule has 1 unspecified atom stereocenters. The molecule has 0 bridgehead atoms. The fourth-order valence-electron chi connectivity index (χ4n) is 3.98. The van der Waals surface area contributed by atoms with E-state index in [2.05, 4.69) is 144 Å². The van der Waals surface area contributed by atoms with Crippen molar-refractivity contribution in [2.24, 2.45) is 11.3 Å². The number of halogens is 2. The monoisotopic (exact) mass is 616 g/mol. The summed E-state index contributed by atoms with van der Waals surface area (Å²) in [5.41, 5.74) is 4.92. The predicted octanol–water partition coefficient (Wildman–Crippen LogP) is 10.9. The Balaban J connectivity index is 0.000000684. The molecule has 0 saturated heterocycles. The molecule has 0 spiro atoms. The van der Waals surface area contributed by atoms with Crippen molar-refractivity contribution < 1.29 is 24.2 Å². The van der Waals surface area contributed by atoms with Crippen molar-refractivity contribution >= 4 is 49.6 Å². The van der Waals surface area contributed by atoms with Crippen molar-refractivity contribution in [1.29, 1.82) is 0 Å². The van der Waals surface area contributed by atoms with E-state index in [-0.39, 0.29) is 35.6 Å². The topological polar surface area (TPSA) is 0 Å². The van der Waals surface area contributed by atoms with Crippen LogP contribution in [-0.2, 0) is 35.1 Å². The van der Waals surface area contributed by atoms with Crippen molar-refractivity contribution in [2.45, 2.75) is 93.9 Å². The molecule has 0 fully saturated rings. The fourth-order valence-corrected chi connectivity index (χ4v) is 3.98. The van der Waals surface area contributed by atoms with Crippen LogP contribution in [0, 0.1) is 17.4 Å². The molecule has 3 aromatic rings. The van der Waals surface area contributed by atoms with Gasteiger partial charge < -0.3 is 0 Å². The molecule has 0 aliphatic heterocycles. The molecular formula is C34H48Cl2Zr. The van der Waals surface area contributed by atoms with Gasteiger partial charge in [0.1, 0.15) is 0 Å². The summed E-state index contributed by atoms with van der Waals surface area (Å²) >= 11 is 1.55. The van der Waals surface area contributed by atoms with Crippen molar-refractivity contribution in [2.75, 3.05) is 0 Å². The third-order valence-electron chi connectivity index (χ3n) is 6.24. The first-order valence-electron chi connectivity index (χ1n) is 12.9. The van der Waals surface area contributed by atoms with Crippen LogP contribution < -0.4 is 0 Å². The van der Waals surface area contributed by atoms with E-state index in [4.69, 9.17) is 0 Å². The average Bonchev–Trinajstić information content (AvgIpc) is 3.29. The van der Waals surface area contributed by atoms with E-state index >= 15 is 0 Å². The minimum absolute atomic E-state index is 0. The quantitative estimate of drug-likeness (QED) is 0.220. The van der Waals surface area contributed by atoms with E-state index in [9.17, 15) is 0 Å². The van der Waals surface area contributed by atoms with Gasteiger partial charge in [-0.15, -0.1) is 64.6 Å². The first kappa shape index (κ1) is 36.1. The van der Waals surface area contributed by atoms with E-state index < -0.39 is 0 Å². The Morgan fingerprint density at radius 2 is 1.11 bits per heavy atom. The van der Waals surface area contributed by atoms with Gasteiger partial charge in [0.05, 0.1) is 0 Å². The zero-order valence-corrected chi connectivity index (χ0v) is 29.2. The molecular weight excluding hydrogens is 571 g/mol. The maximum Gasteiger partial charge on any atom is -0.147 e. The van der Waals surface area contributed by atoms with Crippen molar-refractivity contribution in [1.82, 2.24) is 0 Å². The van der Waals surface area contributed by atoms with Crippen LogP contribution in [0.4, 0.5) is 0 Å². The van der Waals surface area contributed by atoms with Crippen LogP contribution in [0.3, 0.4) is 0 Å². The summed E-state index contributed by atoms with van der Waals surface area (Å²) in [5, 5.41) is 5.49. The Bertz CT molecular complexity index is 1160. The Morgan fingerprint density at radius 1 is 0.730 bits per heavy atom. The van der Waals surface area contributed by atoms with Gasteiger partial charge in [-0.1, -0.05) is 116 Å². The molecule has 0 heterocycles. The first-order chi connectivity index (χ1) is 15.9. The molecule has 4 rings (SSSR count). The van der Waals surface area contributed by atoms with Gasteiger partial charge in [0, 0.05) is 0 Å². The minimum atomic E-state index is 0. The molecule has 3 aromatic carbocycles. The third kappa shape index (κ3) is 10.7. The average molecular weight is 619 g/mol. The number of fused-ring (bicyclic) bond motifs is 3. The van der Waals surface area contributed by atoms with Gasteiger partial charge in [0.25, 0.3) is 0 Å². The summed E-state index contributed by atoms with van der Waals surface area (Å²) in [6.07, 6.45) is 7.65. The van der Waals surface area contributed by atoms with E-state index in [0.717, 1.165) is 0 Å². The van der Waals surface area contributed by atoms with Crippen LogP contribution in [-0.4, -0.2) is 3.21 Å². The Labute approximate surface area is 254 Å². The molecule has 0 nitrogen and oxygen atoms in total. The molecule has 0 N–H and O–H groups in total. The van der Waals surface area contributed by atoms with Crippen LogP contribution in [0.25, 0.3) is 21.5 Å². The standard InChI is InChI=1S/C21H25.C10H15.C3H6.2ClH.Zr/c1-20(2,3)16-9-7-14-11-15-8-10-17(21(4,5)6)13-19(15)18(14)12-16;1-8-5-6-9(7-8)10(2,3)4;1-3-2;;;/h7-13H,1-6H3;6-8H,1-4H3;1-2H3;2*1H;/q2*-1;;;;+2. The molecule has 1 aliphatic carbocycles. The van der Waals surface area contributed by atoms with Gasteiger partial charge in [-0.05, 0) is 10.8 Å². The van der Waals surface area contributed by atoms with Crippen LogP contribution in [0.2, 0.25) is 0 Å². The number of benzene rings is 2. The molecule has 3 heteroatoms. The second-order valence-corrected chi connectivity index (χ2v) is 15.7. The summed E-state index contributed by atoms with van der Waals surface area (Å²) in [5.74, 6) is 0.522. The molecule has 1 atom stereocenters. The van der Waals surface area contributed by atoms with Gasteiger partial charge in [-0.3, -0.25) is 6.08 Å². The van der Waals surface area contributed by atoms with Crippen molar-refractivity contribution in [3.63, 3.8) is 0 Å². The molecule has 0 aromatic heterocycles. The summed E-state index contributed by atoms with van der Waals surface area (Å²) in [4.78, 5) is 0. The van der Waals surface area contributed by atoms with Gasteiger partial charge in [0.2, 0.25) is 0 Å². The van der Waals surface area contributed by atoms with Gasteiger partial charge in [-0.25, -0.2) is 6.08 Å². The summed E-state index contributed by atoms with van der Waals surface area (Å²) in [6.45, 7) is 26.8. The number of rotatable bonds is 0. The second-order valence-electron chi connectivity index (χ2n) is 13.2. The number of hydrogen-bond donors (Lipinski definition) is 0. The molecule has 1 aliphatic rings. The van der Waals surface area contributed by atoms with E-state index in [1.54, 1.807) is 24.2 Å². The first-order valence-corrected chi connectivity index (χ1v) is 14.1. The van der Waals surface area contributed by atoms with Gasteiger partial charge in [-0.2, -0.15) is 11.6 Å². The number of hydrogen-bond acceptors (Lipinski definition) is 0. The molecule has 37 heavy (non-hydrogen) atoms. The zero-order valence-electron chi connectivity index (χ0n) is 25.1. The van der Waals surface area contributed by atoms with Crippen LogP contribution >= 0.6 is 24.8 Å². The Morgan fingerprint density at radius 3 is 1.35 bits per heavy atom. The maximum atomic E-state index is 3.26. The Hall–Kier alpha value is -0.877. The van der Waals surface area contributed by atoms with Gasteiger partial charge >= 0.3 is 41.3 Å². The van der Waals surface area contributed by atoms with E-state index in [1.165, 1.54) is 41.5 Å². The summed E-state index contributed by atoms with van der Waals surface area (Å²) in [7, 11) is 0. The Kier molecular flexibility index (Phi) is 13.6. The maximum absolute atomic E-state index is 3.26. The largest absolute Gasteiger partial charge is 0.147 e. The molecule has 0 amide bonds. The molecule has 0 radical (unpaired) electrons. The number of allylic oxidation sites excluding steroid dienone is 4. The third-order valence-corrected chi connectivity index (χ3v) is 6.24. The van der Waals surface area contributed by atoms with Crippen LogP contribution in [0.5, 0.6) is 0 Å². The second kappa shape index (κ2) is 14.0. The zero-order chi connectivity index (χ0) is 26.8. The van der Waals surface area contributed by atoms with Crippen LogP contribution in [0.15, 0.2) is 60.2 Å². The molecule has 0 saturated carbocycles. The minimum Gasteiger partial charge on any atom is -0.147 e. The van der Waals surface area contributed by atoms with E-state index in [1.807, 2.05) is 0 Å². The normalized spacial score (nSPS) is 15.1. The van der Waals surface area contributed by atoms with Crippen LogP contribution in [0.1, 0.15) is 94.2 Å². The SMILES string of the molecule is CC(C)(C)c1ccc2[cH-]c3ccc(C(C)(C)C)cc3c2c1.CC1[C-]=CC(C(C)(C)C)=C1.C[C](C)=[Zr+2].Cl.Cl. The smallest absolute Gasteiger partial charge is 0.147 e. The fraction of sp³-hybridized carbons (Fsp3) is 0.471. The van der Waals surface area contributed by atoms with E-state index in [0.29, 0.717) is 11.3 Å². The summed E-state index contributed by atoms with van der Waals surface area (Å²) < 4.78 is 1.51. The molecule has 202 valence electrons. The predicted molar refractivity (Wildman–Crippen MR) is 170 cm³/mol. The van der Waals surface area contributed by atoms with Crippen molar-refractivity contribution in [3.05, 3.63) is 77.4 Å². The van der Waals surface area contributed by atoms with Crippen molar-refractivity contribution in [3.8, 4) is 0 Å². The van der Waals surface area contributed by atoms with Gasteiger partial charge in [0.15, 0.2) is 0 Å².